The number of anilines is 1. The van der Waals surface area contributed by atoms with E-state index < -0.39 is 35.8 Å². The first-order valence-corrected chi connectivity index (χ1v) is 8.67. The highest BCUT2D eigenvalue weighted by Crippen LogP contribution is 2.50. The molecule has 8 heteroatoms. The fraction of sp³-hybridized carbons (Fsp3) is 0.222. The molecule has 0 saturated carbocycles. The molecule has 1 N–H and O–H groups in total. The molecule has 1 saturated heterocycles. The van der Waals surface area contributed by atoms with Crippen molar-refractivity contribution in [2.24, 2.45) is 5.10 Å². The summed E-state index contributed by atoms with van der Waals surface area (Å²) < 4.78 is 40.1. The second kappa shape index (κ2) is 5.84. The molecule has 1 amide bonds. The van der Waals surface area contributed by atoms with Gasteiger partial charge in [-0.15, -0.1) is 0 Å². The molecular weight excluding hydrogens is 411 g/mol. The summed E-state index contributed by atoms with van der Waals surface area (Å²) >= 11 is 3.35. The van der Waals surface area contributed by atoms with Crippen LogP contribution in [-0.2, 0) is 4.79 Å². The number of amides is 1. The third-order valence-electron chi connectivity index (χ3n) is 4.71. The Morgan fingerprint density at radius 1 is 1.12 bits per heavy atom. The van der Waals surface area contributed by atoms with Crippen molar-refractivity contribution in [2.75, 3.05) is 4.90 Å². The van der Waals surface area contributed by atoms with Crippen LogP contribution in [0.3, 0.4) is 0 Å². The Kier molecular flexibility index (Phi) is 3.83. The van der Waals surface area contributed by atoms with Gasteiger partial charge in [-0.25, -0.2) is 0 Å². The Bertz CT molecular complexity index is 883. The predicted octanol–water partition coefficient (Wildman–Crippen LogP) is 4.19. The van der Waals surface area contributed by atoms with Crippen LogP contribution >= 0.6 is 15.9 Å². The minimum Gasteiger partial charge on any atom is -0.300 e. The lowest BCUT2D eigenvalue weighted by Crippen LogP contribution is -2.73. The number of hydrogen-bond donors (Lipinski definition) is 1. The fourth-order valence-corrected chi connectivity index (χ4v) is 3.76. The smallest absolute Gasteiger partial charge is 0.300 e. The van der Waals surface area contributed by atoms with E-state index in [0.717, 1.165) is 10.0 Å². The molecule has 1 spiro atoms. The van der Waals surface area contributed by atoms with Gasteiger partial charge in [-0.2, -0.15) is 18.3 Å². The third-order valence-corrected chi connectivity index (χ3v) is 5.24. The van der Waals surface area contributed by atoms with Crippen LogP contribution in [-0.4, -0.2) is 23.3 Å². The van der Waals surface area contributed by atoms with E-state index in [4.69, 9.17) is 0 Å². The van der Waals surface area contributed by atoms with Crippen molar-refractivity contribution in [3.63, 3.8) is 0 Å². The van der Waals surface area contributed by atoms with Gasteiger partial charge in [0.25, 0.3) is 5.91 Å². The summed E-state index contributed by atoms with van der Waals surface area (Å²) in [5.41, 5.74) is 1.51. The highest BCUT2D eigenvalue weighted by Gasteiger charge is 2.66. The number of alkyl halides is 3. The number of β-lactam (4-membered cyclic amide) rings is 1. The van der Waals surface area contributed by atoms with E-state index in [2.05, 4.69) is 26.5 Å². The zero-order chi connectivity index (χ0) is 18.5. The van der Waals surface area contributed by atoms with Crippen molar-refractivity contribution < 1.29 is 18.0 Å². The van der Waals surface area contributed by atoms with Gasteiger partial charge in [0.15, 0.2) is 5.54 Å². The number of benzene rings is 2. The zero-order valence-corrected chi connectivity index (χ0v) is 14.9. The quantitative estimate of drug-likeness (QED) is 0.736. The lowest BCUT2D eigenvalue weighted by atomic mass is 9.72. The van der Waals surface area contributed by atoms with E-state index in [9.17, 15) is 18.0 Å². The molecule has 2 aliphatic heterocycles. The molecule has 4 rings (SSSR count). The maximum Gasteiger partial charge on any atom is 0.431 e. The minimum absolute atomic E-state index is 0.417. The van der Waals surface area contributed by atoms with Gasteiger partial charge in [-0.1, -0.05) is 46.3 Å². The van der Waals surface area contributed by atoms with Gasteiger partial charge in [-0.3, -0.25) is 15.1 Å². The number of halogens is 4. The first-order chi connectivity index (χ1) is 12.3. The standard InChI is InChI=1S/C18H13BrF3N3O/c19-12-8-6-11(7-9-12)15-17(10-14(23-24-17)18(20,21)22)16(26)25(15)13-4-2-1-3-5-13/h1-9,15,24H,10H2/t15-,17-/m1/s1. The van der Waals surface area contributed by atoms with E-state index in [1.807, 2.05) is 6.07 Å². The summed E-state index contributed by atoms with van der Waals surface area (Å²) in [7, 11) is 0. The van der Waals surface area contributed by atoms with Crippen molar-refractivity contribution in [3.05, 3.63) is 64.6 Å². The summed E-state index contributed by atoms with van der Waals surface area (Å²) in [4.78, 5) is 14.4. The Balaban J connectivity index is 1.75. The largest absolute Gasteiger partial charge is 0.431 e. The molecule has 0 unspecified atom stereocenters. The summed E-state index contributed by atoms with van der Waals surface area (Å²) in [6.45, 7) is 0. The molecule has 2 aromatic carbocycles. The number of carbonyl (C=O) groups excluding carboxylic acids is 1. The van der Waals surface area contributed by atoms with Crippen LogP contribution in [0.1, 0.15) is 18.0 Å². The fourth-order valence-electron chi connectivity index (χ4n) is 3.49. The molecule has 26 heavy (non-hydrogen) atoms. The van der Waals surface area contributed by atoms with E-state index in [1.54, 1.807) is 48.5 Å². The normalized spacial score (nSPS) is 25.1. The van der Waals surface area contributed by atoms with Crippen molar-refractivity contribution in [3.8, 4) is 0 Å². The Morgan fingerprint density at radius 3 is 2.35 bits per heavy atom. The number of nitrogens with zero attached hydrogens (tertiary/aromatic N) is 2. The van der Waals surface area contributed by atoms with Crippen molar-refractivity contribution in [1.29, 1.82) is 0 Å². The molecule has 134 valence electrons. The van der Waals surface area contributed by atoms with Gasteiger partial charge >= 0.3 is 6.18 Å². The van der Waals surface area contributed by atoms with E-state index in [0.29, 0.717) is 5.69 Å². The zero-order valence-electron chi connectivity index (χ0n) is 13.3. The number of nitrogens with one attached hydrogen (secondary N) is 1. The molecule has 0 radical (unpaired) electrons. The molecule has 2 aliphatic rings. The number of hydrogen-bond acceptors (Lipinski definition) is 3. The molecule has 2 atom stereocenters. The summed E-state index contributed by atoms with van der Waals surface area (Å²) in [6, 6.07) is 15.5. The molecule has 2 heterocycles. The van der Waals surface area contributed by atoms with Crippen LogP contribution < -0.4 is 10.3 Å². The number of rotatable bonds is 2. The Morgan fingerprint density at radius 2 is 1.77 bits per heavy atom. The lowest BCUT2D eigenvalue weighted by Gasteiger charge is -2.54. The van der Waals surface area contributed by atoms with Crippen LogP contribution in [0.4, 0.5) is 18.9 Å². The van der Waals surface area contributed by atoms with Gasteiger partial charge in [-0.05, 0) is 29.8 Å². The molecule has 0 bridgehead atoms. The van der Waals surface area contributed by atoms with Gasteiger partial charge in [0.1, 0.15) is 5.71 Å². The SMILES string of the molecule is O=C1N(c2ccccc2)[C@H](c2ccc(Br)cc2)[C@]12CC(C(F)(F)F)=NN2. The average molecular weight is 424 g/mol. The van der Waals surface area contributed by atoms with Gasteiger partial charge in [0.2, 0.25) is 0 Å². The maximum absolute atomic E-state index is 13.1. The predicted molar refractivity (Wildman–Crippen MR) is 94.8 cm³/mol. The molecule has 4 nitrogen and oxygen atoms in total. The first kappa shape index (κ1) is 17.1. The Labute approximate surface area is 155 Å². The molecule has 1 fully saturated rings. The van der Waals surface area contributed by atoms with Gasteiger partial charge in [0, 0.05) is 16.6 Å². The summed E-state index contributed by atoms with van der Waals surface area (Å²) in [5.74, 6) is -0.417. The van der Waals surface area contributed by atoms with Gasteiger partial charge < -0.3 is 0 Å². The van der Waals surface area contributed by atoms with Crippen molar-refractivity contribution in [2.45, 2.75) is 24.2 Å². The topological polar surface area (TPSA) is 44.7 Å². The van der Waals surface area contributed by atoms with Crippen molar-refractivity contribution >= 4 is 33.2 Å². The maximum atomic E-state index is 13.1. The van der Waals surface area contributed by atoms with E-state index >= 15 is 0 Å². The summed E-state index contributed by atoms with van der Waals surface area (Å²) in [6.07, 6.45) is -5.05. The second-order valence-electron chi connectivity index (χ2n) is 6.28. The number of para-hydroxylation sites is 1. The summed E-state index contributed by atoms with van der Waals surface area (Å²) in [5, 5.41) is 3.44. The van der Waals surface area contributed by atoms with Crippen LogP contribution in [0.5, 0.6) is 0 Å². The van der Waals surface area contributed by atoms with Gasteiger partial charge in [0.05, 0.1) is 6.04 Å². The Hall–Kier alpha value is -2.35. The van der Waals surface area contributed by atoms with Crippen LogP contribution in [0.25, 0.3) is 0 Å². The molecule has 2 aromatic rings. The highest BCUT2D eigenvalue weighted by atomic mass is 79.9. The van der Waals surface area contributed by atoms with E-state index in [-0.39, 0.29) is 0 Å². The van der Waals surface area contributed by atoms with Crippen molar-refractivity contribution in [1.82, 2.24) is 5.43 Å². The van der Waals surface area contributed by atoms with Crippen LogP contribution in [0.15, 0.2) is 64.2 Å². The molecule has 0 aliphatic carbocycles. The van der Waals surface area contributed by atoms with E-state index in [1.165, 1.54) is 4.90 Å². The minimum atomic E-state index is -4.56. The number of carbonyl (C=O) groups is 1. The van der Waals surface area contributed by atoms with Crippen LogP contribution in [0, 0.1) is 0 Å². The first-order valence-electron chi connectivity index (χ1n) is 7.88. The highest BCUT2D eigenvalue weighted by molar-refractivity contribution is 9.10. The molecular formula is C18H13BrF3N3O. The monoisotopic (exact) mass is 423 g/mol. The third kappa shape index (κ3) is 2.51. The number of hydrazone groups is 1. The average Bonchev–Trinajstić information content (AvgIpc) is 3.09. The second-order valence-corrected chi connectivity index (χ2v) is 7.20. The molecule has 0 aromatic heterocycles. The van der Waals surface area contributed by atoms with Crippen LogP contribution in [0.2, 0.25) is 0 Å². The lowest BCUT2D eigenvalue weighted by molar-refractivity contribution is -0.134.